The van der Waals surface area contributed by atoms with Gasteiger partial charge in [-0.3, -0.25) is 9.69 Å². The Morgan fingerprint density at radius 2 is 1.84 bits per heavy atom. The number of thiazole rings is 1. The Bertz CT molecular complexity index is 1200. The second kappa shape index (κ2) is 8.99. The molecule has 2 heterocycles. The molecule has 2 aromatic heterocycles. The topological polar surface area (TPSA) is 62.5 Å². The summed E-state index contributed by atoms with van der Waals surface area (Å²) in [4.78, 5) is 22.1. The van der Waals surface area contributed by atoms with E-state index in [-0.39, 0.29) is 11.6 Å². The number of carbonyl (C=O) groups is 1. The first-order chi connectivity index (χ1) is 14.9. The van der Waals surface area contributed by atoms with Gasteiger partial charge >= 0.3 is 0 Å². The summed E-state index contributed by atoms with van der Waals surface area (Å²) < 4.78 is 6.58. The molecular formula is C24H26N4O2S. The van der Waals surface area contributed by atoms with Crippen LogP contribution in [0, 0.1) is 13.8 Å². The zero-order valence-corrected chi connectivity index (χ0v) is 19.1. The van der Waals surface area contributed by atoms with Gasteiger partial charge in [-0.15, -0.1) is 0 Å². The first-order valence-electron chi connectivity index (χ1n) is 10.3. The number of amides is 1. The number of aryl methyl sites for hydroxylation is 2. The molecule has 4 rings (SSSR count). The Kier molecular flexibility index (Phi) is 6.15. The van der Waals surface area contributed by atoms with E-state index in [9.17, 15) is 4.79 Å². The smallest absolute Gasteiger partial charge is 0.282 e. The summed E-state index contributed by atoms with van der Waals surface area (Å²) in [6.45, 7) is 5.58. The van der Waals surface area contributed by atoms with Crippen molar-refractivity contribution in [1.82, 2.24) is 15.0 Å². The van der Waals surface area contributed by atoms with E-state index in [0.29, 0.717) is 17.4 Å². The van der Waals surface area contributed by atoms with Crippen LogP contribution in [0.15, 0.2) is 53.1 Å². The minimum atomic E-state index is -0.196. The van der Waals surface area contributed by atoms with Crippen molar-refractivity contribution in [3.63, 3.8) is 0 Å². The van der Waals surface area contributed by atoms with E-state index in [1.807, 2.05) is 44.4 Å². The van der Waals surface area contributed by atoms with E-state index in [0.717, 1.165) is 34.3 Å². The molecule has 0 saturated carbocycles. The lowest BCUT2D eigenvalue weighted by molar-refractivity contribution is 0.0977. The van der Waals surface area contributed by atoms with Crippen LogP contribution in [0.4, 0.5) is 5.13 Å². The minimum Gasteiger partial charge on any atom is -0.355 e. The van der Waals surface area contributed by atoms with Crippen LogP contribution >= 0.6 is 11.3 Å². The van der Waals surface area contributed by atoms with Crippen molar-refractivity contribution in [2.75, 3.05) is 32.1 Å². The maximum Gasteiger partial charge on any atom is 0.282 e. The van der Waals surface area contributed by atoms with Crippen LogP contribution in [0.25, 0.3) is 21.5 Å². The number of nitrogens with zero attached hydrogens (tertiary/aromatic N) is 4. The average Bonchev–Trinajstić information content (AvgIpc) is 3.39. The highest BCUT2D eigenvalue weighted by Gasteiger charge is 2.25. The SMILES string of the molecule is Cc1cc(C)c2sc(N(CCCN(C)C)C(=O)c3cc(-c4ccccc4)on3)nc2c1. The number of aromatic nitrogens is 2. The number of hydrogen-bond donors (Lipinski definition) is 0. The first kappa shape index (κ1) is 21.2. The summed E-state index contributed by atoms with van der Waals surface area (Å²) in [5, 5.41) is 4.76. The molecule has 0 aliphatic heterocycles. The highest BCUT2D eigenvalue weighted by molar-refractivity contribution is 7.22. The molecule has 7 heteroatoms. The van der Waals surface area contributed by atoms with Gasteiger partial charge in [0.1, 0.15) is 0 Å². The van der Waals surface area contributed by atoms with Crippen LogP contribution in [-0.2, 0) is 0 Å². The van der Waals surface area contributed by atoms with Gasteiger partial charge in [-0.05, 0) is 58.1 Å². The molecule has 0 unspecified atom stereocenters. The zero-order valence-electron chi connectivity index (χ0n) is 18.3. The lowest BCUT2D eigenvalue weighted by Gasteiger charge is -2.19. The number of rotatable bonds is 7. The summed E-state index contributed by atoms with van der Waals surface area (Å²) >= 11 is 1.55. The van der Waals surface area contributed by atoms with Crippen molar-refractivity contribution in [3.05, 3.63) is 65.4 Å². The van der Waals surface area contributed by atoms with E-state index >= 15 is 0 Å². The lowest BCUT2D eigenvalue weighted by Crippen LogP contribution is -2.33. The van der Waals surface area contributed by atoms with Crippen LogP contribution < -0.4 is 4.90 Å². The fourth-order valence-electron chi connectivity index (χ4n) is 3.56. The van der Waals surface area contributed by atoms with Crippen molar-refractivity contribution < 1.29 is 9.32 Å². The van der Waals surface area contributed by atoms with E-state index in [1.165, 1.54) is 5.56 Å². The van der Waals surface area contributed by atoms with Crippen molar-refractivity contribution in [3.8, 4) is 11.3 Å². The minimum absolute atomic E-state index is 0.196. The summed E-state index contributed by atoms with van der Waals surface area (Å²) in [7, 11) is 4.06. The summed E-state index contributed by atoms with van der Waals surface area (Å²) in [5.41, 5.74) is 4.44. The lowest BCUT2D eigenvalue weighted by atomic mass is 10.1. The summed E-state index contributed by atoms with van der Waals surface area (Å²) in [6, 6.07) is 15.6. The van der Waals surface area contributed by atoms with Gasteiger partial charge < -0.3 is 9.42 Å². The molecule has 2 aromatic carbocycles. The van der Waals surface area contributed by atoms with Crippen LogP contribution in [-0.4, -0.2) is 48.1 Å². The molecule has 0 bridgehead atoms. The molecular weight excluding hydrogens is 408 g/mol. The number of carbonyl (C=O) groups excluding carboxylic acids is 1. The number of fused-ring (bicyclic) bond motifs is 1. The molecule has 0 aliphatic rings. The molecule has 0 fully saturated rings. The van der Waals surface area contributed by atoms with Gasteiger partial charge in [0.15, 0.2) is 16.6 Å². The third-order valence-electron chi connectivity index (χ3n) is 5.06. The highest BCUT2D eigenvalue weighted by Crippen LogP contribution is 2.33. The molecule has 6 nitrogen and oxygen atoms in total. The fraction of sp³-hybridized carbons (Fsp3) is 0.292. The quantitative estimate of drug-likeness (QED) is 0.402. The van der Waals surface area contributed by atoms with E-state index in [1.54, 1.807) is 22.3 Å². The van der Waals surface area contributed by atoms with Crippen LogP contribution in [0.1, 0.15) is 28.0 Å². The van der Waals surface area contributed by atoms with Crippen molar-refractivity contribution in [2.24, 2.45) is 0 Å². The molecule has 0 saturated heterocycles. The van der Waals surface area contributed by atoms with Crippen molar-refractivity contribution >= 4 is 32.6 Å². The molecule has 0 atom stereocenters. The van der Waals surface area contributed by atoms with Gasteiger partial charge in [-0.25, -0.2) is 4.98 Å². The molecule has 0 radical (unpaired) electrons. The largest absolute Gasteiger partial charge is 0.355 e. The van der Waals surface area contributed by atoms with Crippen LogP contribution in [0.2, 0.25) is 0 Å². The number of hydrogen-bond acceptors (Lipinski definition) is 6. The molecule has 1 amide bonds. The van der Waals surface area contributed by atoms with Crippen molar-refractivity contribution in [1.29, 1.82) is 0 Å². The zero-order chi connectivity index (χ0) is 22.0. The van der Waals surface area contributed by atoms with Gasteiger partial charge in [0.05, 0.1) is 10.2 Å². The van der Waals surface area contributed by atoms with E-state index < -0.39 is 0 Å². The highest BCUT2D eigenvalue weighted by atomic mass is 32.1. The third kappa shape index (κ3) is 4.68. The van der Waals surface area contributed by atoms with Gasteiger partial charge in [0.2, 0.25) is 0 Å². The first-order valence-corrected chi connectivity index (χ1v) is 11.1. The number of anilines is 1. The van der Waals surface area contributed by atoms with Gasteiger partial charge in [0, 0.05) is 18.2 Å². The third-order valence-corrected chi connectivity index (χ3v) is 6.29. The molecule has 0 aliphatic carbocycles. The fourth-order valence-corrected chi connectivity index (χ4v) is 4.60. The Labute approximate surface area is 186 Å². The second-order valence-corrected chi connectivity index (χ2v) is 8.96. The normalized spacial score (nSPS) is 11.4. The molecule has 160 valence electrons. The molecule has 0 N–H and O–H groups in total. The van der Waals surface area contributed by atoms with Gasteiger partial charge in [-0.1, -0.05) is 52.9 Å². The van der Waals surface area contributed by atoms with Crippen LogP contribution in [0.5, 0.6) is 0 Å². The molecule has 4 aromatic rings. The summed E-state index contributed by atoms with van der Waals surface area (Å²) in [5.74, 6) is 0.381. The monoisotopic (exact) mass is 434 g/mol. The van der Waals surface area contributed by atoms with Crippen LogP contribution in [0.3, 0.4) is 0 Å². The van der Waals surface area contributed by atoms with Crippen molar-refractivity contribution in [2.45, 2.75) is 20.3 Å². The summed E-state index contributed by atoms with van der Waals surface area (Å²) in [6.07, 6.45) is 0.829. The Morgan fingerprint density at radius 1 is 1.06 bits per heavy atom. The van der Waals surface area contributed by atoms with Gasteiger partial charge in [-0.2, -0.15) is 0 Å². The Balaban J connectivity index is 1.67. The number of benzene rings is 2. The molecule has 0 spiro atoms. The Hall–Kier alpha value is -3.03. The second-order valence-electron chi connectivity index (χ2n) is 7.98. The Morgan fingerprint density at radius 3 is 2.58 bits per heavy atom. The predicted molar refractivity (Wildman–Crippen MR) is 126 cm³/mol. The predicted octanol–water partition coefficient (Wildman–Crippen LogP) is 5.17. The maximum atomic E-state index is 13.5. The maximum absolute atomic E-state index is 13.5. The average molecular weight is 435 g/mol. The van der Waals surface area contributed by atoms with Gasteiger partial charge in [0.25, 0.3) is 5.91 Å². The van der Waals surface area contributed by atoms with E-state index in [4.69, 9.17) is 9.51 Å². The molecule has 31 heavy (non-hydrogen) atoms. The van der Waals surface area contributed by atoms with E-state index in [2.05, 4.69) is 36.0 Å². The standard InChI is InChI=1S/C24H26N4O2S/c1-16-13-17(2)22-19(14-16)25-24(31-22)28(12-8-11-27(3)4)23(29)20-15-21(30-26-20)18-9-6-5-7-10-18/h5-7,9-10,13-15H,8,11-12H2,1-4H3.